The molecular formula is C13H20BrN3O2. The van der Waals surface area contributed by atoms with Crippen molar-refractivity contribution in [1.82, 2.24) is 10.3 Å². The fourth-order valence-corrected chi connectivity index (χ4v) is 1.73. The number of rotatable bonds is 4. The second kappa shape index (κ2) is 6.75. The highest BCUT2D eigenvalue weighted by Crippen LogP contribution is 2.18. The van der Waals surface area contributed by atoms with E-state index >= 15 is 0 Å². The number of aromatic nitrogens is 1. The van der Waals surface area contributed by atoms with Crippen LogP contribution in [0.3, 0.4) is 0 Å². The molecule has 0 bridgehead atoms. The van der Waals surface area contributed by atoms with Crippen LogP contribution in [0.15, 0.2) is 22.9 Å². The molecule has 1 rings (SSSR count). The minimum Gasteiger partial charge on any atom is -0.444 e. The third kappa shape index (κ3) is 6.42. The molecule has 1 aromatic heterocycles. The first-order valence-electron chi connectivity index (χ1n) is 6.12. The van der Waals surface area contributed by atoms with Crippen LogP contribution in [-0.4, -0.2) is 29.3 Å². The Hall–Kier alpha value is -1.30. The number of nitrogens with zero attached hydrogens (tertiary/aromatic N) is 1. The van der Waals surface area contributed by atoms with Crippen LogP contribution in [0.25, 0.3) is 0 Å². The molecule has 0 aliphatic rings. The maximum atomic E-state index is 11.5. The molecule has 1 aromatic rings. The Labute approximate surface area is 122 Å². The molecule has 0 aliphatic heterocycles. The van der Waals surface area contributed by atoms with Gasteiger partial charge in [0.05, 0.1) is 5.69 Å². The van der Waals surface area contributed by atoms with Crippen molar-refractivity contribution in [3.05, 3.63) is 22.9 Å². The summed E-state index contributed by atoms with van der Waals surface area (Å²) in [7, 11) is 0. The van der Waals surface area contributed by atoms with Gasteiger partial charge in [0, 0.05) is 18.8 Å². The SMILES string of the molecule is CC(CNC(=O)OC(C)(C)C)Nc1cccnc1Br. The summed E-state index contributed by atoms with van der Waals surface area (Å²) < 4.78 is 5.91. The normalized spacial score (nSPS) is 12.7. The maximum Gasteiger partial charge on any atom is 0.407 e. The molecule has 0 aromatic carbocycles. The lowest BCUT2D eigenvalue weighted by Crippen LogP contribution is -2.38. The van der Waals surface area contributed by atoms with E-state index < -0.39 is 11.7 Å². The van der Waals surface area contributed by atoms with Gasteiger partial charge in [-0.1, -0.05) is 0 Å². The largest absolute Gasteiger partial charge is 0.444 e. The van der Waals surface area contributed by atoms with E-state index in [0.29, 0.717) is 6.54 Å². The summed E-state index contributed by atoms with van der Waals surface area (Å²) in [6.07, 6.45) is 1.30. The summed E-state index contributed by atoms with van der Waals surface area (Å²) in [5.41, 5.74) is 0.411. The number of anilines is 1. The molecule has 1 heterocycles. The molecule has 1 atom stereocenters. The second-order valence-corrected chi connectivity index (χ2v) is 6.02. The summed E-state index contributed by atoms with van der Waals surface area (Å²) in [5.74, 6) is 0. The van der Waals surface area contributed by atoms with Crippen LogP contribution in [0.5, 0.6) is 0 Å². The Morgan fingerprint density at radius 2 is 2.21 bits per heavy atom. The van der Waals surface area contributed by atoms with Gasteiger partial charge in [0.25, 0.3) is 0 Å². The quantitative estimate of drug-likeness (QED) is 0.833. The molecule has 0 aliphatic carbocycles. The van der Waals surface area contributed by atoms with Crippen molar-refractivity contribution in [2.75, 3.05) is 11.9 Å². The van der Waals surface area contributed by atoms with Crippen LogP contribution in [0, 0.1) is 0 Å². The molecule has 0 fully saturated rings. The number of amides is 1. The number of halogens is 1. The molecule has 5 nitrogen and oxygen atoms in total. The maximum absolute atomic E-state index is 11.5. The number of hydrogen-bond acceptors (Lipinski definition) is 4. The Bertz CT molecular complexity index is 432. The minimum absolute atomic E-state index is 0.0630. The van der Waals surface area contributed by atoms with E-state index in [1.807, 2.05) is 39.8 Å². The van der Waals surface area contributed by atoms with Gasteiger partial charge in [0.1, 0.15) is 10.2 Å². The summed E-state index contributed by atoms with van der Waals surface area (Å²) in [5, 5.41) is 5.97. The van der Waals surface area contributed by atoms with Crippen molar-refractivity contribution in [2.45, 2.75) is 39.3 Å². The number of ether oxygens (including phenoxy) is 1. The van der Waals surface area contributed by atoms with Crippen molar-refractivity contribution in [1.29, 1.82) is 0 Å². The zero-order valence-corrected chi connectivity index (χ0v) is 13.2. The summed E-state index contributed by atoms with van der Waals surface area (Å²) in [4.78, 5) is 15.6. The minimum atomic E-state index is -0.479. The molecule has 1 unspecified atom stereocenters. The van der Waals surface area contributed by atoms with Gasteiger partial charge >= 0.3 is 6.09 Å². The van der Waals surface area contributed by atoms with Gasteiger partial charge in [-0.3, -0.25) is 0 Å². The third-order valence-corrected chi connectivity index (χ3v) is 2.74. The standard InChI is InChI=1S/C13H20BrN3O2/c1-9(8-16-12(18)19-13(2,3)4)17-10-6-5-7-15-11(10)14/h5-7,9,17H,8H2,1-4H3,(H,16,18). The lowest BCUT2D eigenvalue weighted by atomic mass is 10.2. The summed E-state index contributed by atoms with van der Waals surface area (Å²) in [6.45, 7) is 7.94. The number of carbonyl (C=O) groups is 1. The van der Waals surface area contributed by atoms with Gasteiger partial charge in [0.2, 0.25) is 0 Å². The Morgan fingerprint density at radius 3 is 2.79 bits per heavy atom. The van der Waals surface area contributed by atoms with Crippen LogP contribution < -0.4 is 10.6 Å². The lowest BCUT2D eigenvalue weighted by Gasteiger charge is -2.21. The number of pyridine rings is 1. The first-order valence-corrected chi connectivity index (χ1v) is 6.91. The fourth-order valence-electron chi connectivity index (χ4n) is 1.36. The van der Waals surface area contributed by atoms with Gasteiger partial charge in [0.15, 0.2) is 0 Å². The molecule has 0 saturated carbocycles. The average Bonchev–Trinajstić information content (AvgIpc) is 2.27. The van der Waals surface area contributed by atoms with E-state index in [0.717, 1.165) is 10.3 Å². The van der Waals surface area contributed by atoms with Crippen LogP contribution in [0.1, 0.15) is 27.7 Å². The molecule has 0 radical (unpaired) electrons. The Kier molecular flexibility index (Phi) is 5.60. The van der Waals surface area contributed by atoms with Crippen molar-refractivity contribution >= 4 is 27.7 Å². The summed E-state index contributed by atoms with van der Waals surface area (Å²) in [6, 6.07) is 3.83. The van der Waals surface area contributed by atoms with Gasteiger partial charge < -0.3 is 15.4 Å². The smallest absolute Gasteiger partial charge is 0.407 e. The van der Waals surface area contributed by atoms with E-state index in [4.69, 9.17) is 4.74 Å². The number of alkyl carbamates (subject to hydrolysis) is 1. The Morgan fingerprint density at radius 1 is 1.53 bits per heavy atom. The highest BCUT2D eigenvalue weighted by Gasteiger charge is 2.16. The van der Waals surface area contributed by atoms with Crippen LogP contribution in [0.4, 0.5) is 10.5 Å². The van der Waals surface area contributed by atoms with E-state index in [2.05, 4.69) is 31.5 Å². The second-order valence-electron chi connectivity index (χ2n) is 5.27. The van der Waals surface area contributed by atoms with Crippen LogP contribution in [0.2, 0.25) is 0 Å². The first kappa shape index (κ1) is 15.8. The van der Waals surface area contributed by atoms with Gasteiger partial charge in [-0.05, 0) is 55.8 Å². The van der Waals surface area contributed by atoms with Crippen molar-refractivity contribution in [3.8, 4) is 0 Å². The van der Waals surface area contributed by atoms with E-state index in [9.17, 15) is 4.79 Å². The zero-order valence-electron chi connectivity index (χ0n) is 11.7. The topological polar surface area (TPSA) is 63.2 Å². The van der Waals surface area contributed by atoms with E-state index in [-0.39, 0.29) is 6.04 Å². The lowest BCUT2D eigenvalue weighted by molar-refractivity contribution is 0.0526. The molecule has 0 spiro atoms. The highest BCUT2D eigenvalue weighted by molar-refractivity contribution is 9.10. The predicted molar refractivity (Wildman–Crippen MR) is 79.3 cm³/mol. The molecule has 2 N–H and O–H groups in total. The van der Waals surface area contributed by atoms with Gasteiger partial charge in [-0.25, -0.2) is 9.78 Å². The van der Waals surface area contributed by atoms with E-state index in [1.165, 1.54) is 0 Å². The number of nitrogens with one attached hydrogen (secondary N) is 2. The number of carbonyl (C=O) groups excluding carboxylic acids is 1. The van der Waals surface area contributed by atoms with Gasteiger partial charge in [-0.2, -0.15) is 0 Å². The summed E-state index contributed by atoms with van der Waals surface area (Å²) >= 11 is 3.36. The first-order chi connectivity index (χ1) is 8.78. The third-order valence-electron chi connectivity index (χ3n) is 2.11. The monoisotopic (exact) mass is 329 g/mol. The molecule has 19 heavy (non-hydrogen) atoms. The molecule has 6 heteroatoms. The molecule has 0 saturated heterocycles. The van der Waals surface area contributed by atoms with Crippen LogP contribution in [-0.2, 0) is 4.74 Å². The van der Waals surface area contributed by atoms with Crippen LogP contribution >= 0.6 is 15.9 Å². The predicted octanol–water partition coefficient (Wildman–Crippen LogP) is 3.17. The average molecular weight is 330 g/mol. The number of hydrogen-bond donors (Lipinski definition) is 2. The zero-order chi connectivity index (χ0) is 14.5. The van der Waals surface area contributed by atoms with Gasteiger partial charge in [-0.15, -0.1) is 0 Å². The van der Waals surface area contributed by atoms with Crippen molar-refractivity contribution in [3.63, 3.8) is 0 Å². The molecular weight excluding hydrogens is 310 g/mol. The fraction of sp³-hybridized carbons (Fsp3) is 0.538. The van der Waals surface area contributed by atoms with E-state index in [1.54, 1.807) is 6.20 Å². The highest BCUT2D eigenvalue weighted by atomic mass is 79.9. The molecule has 106 valence electrons. The Balaban J connectivity index is 2.38. The van der Waals surface area contributed by atoms with Crippen molar-refractivity contribution < 1.29 is 9.53 Å². The molecule has 1 amide bonds. The van der Waals surface area contributed by atoms with Crippen molar-refractivity contribution in [2.24, 2.45) is 0 Å².